The molecule has 0 aromatic heterocycles. The van der Waals surface area contributed by atoms with Crippen LogP contribution in [0.3, 0.4) is 0 Å². The maximum absolute atomic E-state index is 5.85. The summed E-state index contributed by atoms with van der Waals surface area (Å²) in [5.74, 6) is 1.91. The number of benzene rings is 1. The van der Waals surface area contributed by atoms with Gasteiger partial charge in [0.15, 0.2) is 5.96 Å². The van der Waals surface area contributed by atoms with E-state index in [1.165, 1.54) is 0 Å². The molecule has 0 atom stereocenters. The summed E-state index contributed by atoms with van der Waals surface area (Å²) in [5, 5.41) is 3.37. The predicted octanol–water partition coefficient (Wildman–Crippen LogP) is 1.64. The summed E-state index contributed by atoms with van der Waals surface area (Å²) < 4.78 is 5.85. The Hall–Kier alpha value is -1.02. The molecule has 0 spiro atoms. The zero-order chi connectivity index (χ0) is 14.4. The van der Waals surface area contributed by atoms with Crippen molar-refractivity contribution in [1.29, 1.82) is 0 Å². The van der Waals surface area contributed by atoms with Crippen LogP contribution in [0.2, 0.25) is 0 Å². The normalized spacial score (nSPS) is 13.9. The van der Waals surface area contributed by atoms with E-state index in [0.717, 1.165) is 43.5 Å². The lowest BCUT2D eigenvalue weighted by molar-refractivity contribution is 0.259. The Kier molecular flexibility index (Phi) is 7.81. The van der Waals surface area contributed by atoms with Gasteiger partial charge in [-0.2, -0.15) is 0 Å². The first-order valence-corrected chi connectivity index (χ1v) is 7.01. The molecule has 1 heterocycles. The van der Waals surface area contributed by atoms with Crippen molar-refractivity contribution < 1.29 is 4.74 Å². The van der Waals surface area contributed by atoms with Gasteiger partial charge in [0, 0.05) is 32.2 Å². The second-order valence-corrected chi connectivity index (χ2v) is 5.24. The van der Waals surface area contributed by atoms with Gasteiger partial charge in [0.05, 0.1) is 6.54 Å². The van der Waals surface area contributed by atoms with Crippen LogP contribution < -0.4 is 10.1 Å². The first-order chi connectivity index (χ1) is 9.66. The van der Waals surface area contributed by atoms with E-state index in [2.05, 4.69) is 33.2 Å². The molecule has 21 heavy (non-hydrogen) atoms. The van der Waals surface area contributed by atoms with E-state index in [4.69, 9.17) is 4.74 Å². The standard InChI is InChI=1S/C15H24N4O.HI/c1-18(2)10-11-20-14-7-5-4-6-13(14)12-17-15-16-8-9-19(15)3;/h4-7H,8-12H2,1-3H3,(H,16,17);1H. The molecule has 1 aliphatic rings. The summed E-state index contributed by atoms with van der Waals surface area (Å²) in [5.41, 5.74) is 1.16. The first kappa shape index (κ1) is 18.0. The second kappa shape index (κ2) is 9.09. The van der Waals surface area contributed by atoms with Crippen molar-refractivity contribution in [1.82, 2.24) is 15.1 Å². The van der Waals surface area contributed by atoms with Gasteiger partial charge < -0.3 is 19.9 Å². The average molecular weight is 404 g/mol. The number of ether oxygens (including phenoxy) is 1. The van der Waals surface area contributed by atoms with Crippen molar-refractivity contribution >= 4 is 29.9 Å². The zero-order valence-electron chi connectivity index (χ0n) is 13.0. The fraction of sp³-hybridized carbons (Fsp3) is 0.533. The molecule has 118 valence electrons. The lowest BCUT2D eigenvalue weighted by Crippen LogP contribution is -2.35. The van der Waals surface area contributed by atoms with Gasteiger partial charge in [-0.1, -0.05) is 18.2 Å². The molecule has 0 saturated carbocycles. The van der Waals surface area contributed by atoms with Crippen LogP contribution in [0.5, 0.6) is 5.75 Å². The molecule has 5 nitrogen and oxygen atoms in total. The topological polar surface area (TPSA) is 40.1 Å². The Morgan fingerprint density at radius 2 is 2.10 bits per heavy atom. The minimum atomic E-state index is 0. The van der Waals surface area contributed by atoms with E-state index in [9.17, 15) is 0 Å². The van der Waals surface area contributed by atoms with Crippen LogP contribution in [-0.2, 0) is 6.54 Å². The highest BCUT2D eigenvalue weighted by molar-refractivity contribution is 14.0. The Bertz CT molecular complexity index is 465. The number of rotatable bonds is 6. The number of hydrogen-bond acceptors (Lipinski definition) is 5. The van der Waals surface area contributed by atoms with Gasteiger partial charge in [-0.3, -0.25) is 4.99 Å². The van der Waals surface area contributed by atoms with Gasteiger partial charge in [-0.25, -0.2) is 0 Å². The Morgan fingerprint density at radius 3 is 2.76 bits per heavy atom. The highest BCUT2D eigenvalue weighted by atomic mass is 127. The number of nitrogens with zero attached hydrogens (tertiary/aromatic N) is 3. The van der Waals surface area contributed by atoms with Crippen LogP contribution in [0.4, 0.5) is 0 Å². The summed E-state index contributed by atoms with van der Waals surface area (Å²) in [4.78, 5) is 8.68. The van der Waals surface area contributed by atoms with Crippen molar-refractivity contribution in [2.45, 2.75) is 6.54 Å². The predicted molar refractivity (Wildman–Crippen MR) is 97.7 cm³/mol. The average Bonchev–Trinajstić information content (AvgIpc) is 2.83. The summed E-state index contributed by atoms with van der Waals surface area (Å²) in [6, 6.07) is 8.16. The van der Waals surface area contributed by atoms with E-state index >= 15 is 0 Å². The van der Waals surface area contributed by atoms with Crippen molar-refractivity contribution in [2.75, 3.05) is 47.4 Å². The largest absolute Gasteiger partial charge is 0.492 e. The Morgan fingerprint density at radius 1 is 1.33 bits per heavy atom. The van der Waals surface area contributed by atoms with Gasteiger partial charge in [0.2, 0.25) is 0 Å². The SMILES string of the molecule is CN(C)CCOc1ccccc1CNC1=NCCN1C.I. The summed E-state index contributed by atoms with van der Waals surface area (Å²) in [6.07, 6.45) is 0. The summed E-state index contributed by atoms with van der Waals surface area (Å²) in [7, 11) is 6.15. The molecule has 0 fully saturated rings. The van der Waals surface area contributed by atoms with Crippen LogP contribution in [0.25, 0.3) is 0 Å². The fourth-order valence-corrected chi connectivity index (χ4v) is 2.03. The second-order valence-electron chi connectivity index (χ2n) is 5.24. The quantitative estimate of drug-likeness (QED) is 0.732. The summed E-state index contributed by atoms with van der Waals surface area (Å²) in [6.45, 7) is 4.21. The molecule has 0 radical (unpaired) electrons. The third kappa shape index (κ3) is 5.70. The van der Waals surface area contributed by atoms with Crippen molar-refractivity contribution in [3.05, 3.63) is 29.8 Å². The zero-order valence-corrected chi connectivity index (χ0v) is 15.3. The highest BCUT2D eigenvalue weighted by Crippen LogP contribution is 2.17. The van der Waals surface area contributed by atoms with Crippen LogP contribution in [-0.4, -0.2) is 63.1 Å². The number of aliphatic imine (C=N–C) groups is 1. The number of guanidine groups is 1. The number of likely N-dealkylation sites (N-methyl/N-ethyl adjacent to an activating group) is 2. The first-order valence-electron chi connectivity index (χ1n) is 7.01. The maximum Gasteiger partial charge on any atom is 0.194 e. The molecule has 0 amide bonds. The highest BCUT2D eigenvalue weighted by Gasteiger charge is 2.12. The van der Waals surface area contributed by atoms with Crippen LogP contribution in [0.15, 0.2) is 29.3 Å². The van der Waals surface area contributed by atoms with Gasteiger partial charge in [-0.15, -0.1) is 24.0 Å². The fourth-order valence-electron chi connectivity index (χ4n) is 2.03. The maximum atomic E-state index is 5.85. The molecule has 6 heteroatoms. The summed E-state index contributed by atoms with van der Waals surface area (Å²) >= 11 is 0. The molecular formula is C15H25IN4O. The lowest BCUT2D eigenvalue weighted by Gasteiger charge is -2.17. The van der Waals surface area contributed by atoms with Gasteiger partial charge in [0.1, 0.15) is 12.4 Å². The molecule has 1 aromatic rings. The van der Waals surface area contributed by atoms with Crippen molar-refractivity contribution in [2.24, 2.45) is 4.99 Å². The molecule has 0 saturated heterocycles. The van der Waals surface area contributed by atoms with Gasteiger partial charge >= 0.3 is 0 Å². The number of nitrogens with one attached hydrogen (secondary N) is 1. The smallest absolute Gasteiger partial charge is 0.194 e. The molecule has 0 aliphatic carbocycles. The van der Waals surface area contributed by atoms with Crippen LogP contribution >= 0.6 is 24.0 Å². The molecule has 2 rings (SSSR count). The van der Waals surface area contributed by atoms with E-state index in [0.29, 0.717) is 6.61 Å². The minimum Gasteiger partial charge on any atom is -0.492 e. The van der Waals surface area contributed by atoms with Gasteiger partial charge in [-0.05, 0) is 20.2 Å². The monoisotopic (exact) mass is 404 g/mol. The molecule has 1 aliphatic heterocycles. The third-order valence-corrected chi connectivity index (χ3v) is 3.26. The lowest BCUT2D eigenvalue weighted by atomic mass is 10.2. The van der Waals surface area contributed by atoms with E-state index in [1.807, 2.05) is 32.3 Å². The third-order valence-electron chi connectivity index (χ3n) is 3.26. The minimum absolute atomic E-state index is 0. The van der Waals surface area contributed by atoms with Crippen molar-refractivity contribution in [3.63, 3.8) is 0 Å². The molecule has 0 bridgehead atoms. The Balaban J connectivity index is 0.00000220. The van der Waals surface area contributed by atoms with Gasteiger partial charge in [0.25, 0.3) is 0 Å². The molecule has 1 N–H and O–H groups in total. The molecule has 1 aromatic carbocycles. The van der Waals surface area contributed by atoms with E-state index < -0.39 is 0 Å². The van der Waals surface area contributed by atoms with Crippen molar-refractivity contribution in [3.8, 4) is 5.75 Å². The number of hydrogen-bond donors (Lipinski definition) is 1. The number of halogens is 1. The molecule has 0 unspecified atom stereocenters. The van der Waals surface area contributed by atoms with E-state index in [-0.39, 0.29) is 24.0 Å². The van der Waals surface area contributed by atoms with Crippen LogP contribution in [0, 0.1) is 0 Å². The number of para-hydroxylation sites is 1. The van der Waals surface area contributed by atoms with E-state index in [1.54, 1.807) is 0 Å². The Labute approximate surface area is 144 Å². The molecular weight excluding hydrogens is 379 g/mol. The van der Waals surface area contributed by atoms with Crippen LogP contribution in [0.1, 0.15) is 5.56 Å².